The molecular weight excluding hydrogens is 280 g/mol. The third kappa shape index (κ3) is 2.14. The van der Waals surface area contributed by atoms with Crippen LogP contribution < -0.4 is 5.32 Å². The first kappa shape index (κ1) is 12.6. The van der Waals surface area contributed by atoms with Crippen molar-refractivity contribution in [2.45, 2.75) is 25.4 Å². The molecule has 5 heteroatoms. The molecule has 4 rings (SSSR count). The van der Waals surface area contributed by atoms with E-state index in [9.17, 15) is 0 Å². The maximum atomic E-state index is 4.42. The van der Waals surface area contributed by atoms with Crippen LogP contribution in [0.4, 0.5) is 5.95 Å². The van der Waals surface area contributed by atoms with Gasteiger partial charge in [-0.1, -0.05) is 30.3 Å². The number of nitrogens with zero attached hydrogens (tertiary/aromatic N) is 3. The summed E-state index contributed by atoms with van der Waals surface area (Å²) < 4.78 is 2.01. The number of fused-ring (bicyclic) bond motifs is 1. The fourth-order valence-corrected chi connectivity index (χ4v) is 3.81. The van der Waals surface area contributed by atoms with Crippen LogP contribution in [0.25, 0.3) is 0 Å². The average molecular weight is 296 g/mol. The van der Waals surface area contributed by atoms with E-state index in [4.69, 9.17) is 0 Å². The summed E-state index contributed by atoms with van der Waals surface area (Å²) in [5.74, 6) is 0.855. The summed E-state index contributed by atoms with van der Waals surface area (Å²) in [7, 11) is 0. The number of nitrogens with one attached hydrogen (secondary N) is 1. The largest absolute Gasteiger partial charge is 0.347 e. The number of hydrogen-bond donors (Lipinski definition) is 1. The van der Waals surface area contributed by atoms with Crippen molar-refractivity contribution in [2.75, 3.05) is 5.32 Å². The Hall–Kier alpha value is -2.14. The van der Waals surface area contributed by atoms with Crippen LogP contribution in [-0.4, -0.2) is 14.8 Å². The smallest absolute Gasteiger partial charge is 0.222 e. The zero-order valence-corrected chi connectivity index (χ0v) is 12.5. The van der Waals surface area contributed by atoms with Gasteiger partial charge in [0.25, 0.3) is 0 Å². The van der Waals surface area contributed by atoms with Crippen molar-refractivity contribution in [3.05, 3.63) is 64.1 Å². The number of thiophene rings is 1. The molecule has 4 nitrogen and oxygen atoms in total. The highest BCUT2D eigenvalue weighted by atomic mass is 32.1. The van der Waals surface area contributed by atoms with E-state index >= 15 is 0 Å². The van der Waals surface area contributed by atoms with E-state index in [1.54, 1.807) is 17.7 Å². The van der Waals surface area contributed by atoms with Crippen LogP contribution in [0.1, 0.15) is 34.5 Å². The highest BCUT2D eigenvalue weighted by Gasteiger charge is 2.30. The van der Waals surface area contributed by atoms with Gasteiger partial charge in [0.15, 0.2) is 0 Å². The lowest BCUT2D eigenvalue weighted by Gasteiger charge is -2.31. The molecular formula is C16H16N4S. The highest BCUT2D eigenvalue weighted by molar-refractivity contribution is 7.10. The normalized spacial score (nSPS) is 20.8. The molecule has 0 saturated carbocycles. The van der Waals surface area contributed by atoms with Gasteiger partial charge < -0.3 is 5.32 Å². The Kier molecular flexibility index (Phi) is 3.00. The molecule has 1 N–H and O–H groups in total. The highest BCUT2D eigenvalue weighted by Crippen LogP contribution is 2.39. The fraction of sp³-hybridized carbons (Fsp3) is 0.250. The van der Waals surface area contributed by atoms with Gasteiger partial charge in [-0.15, -0.1) is 11.3 Å². The molecule has 1 aromatic carbocycles. The van der Waals surface area contributed by atoms with Crippen LogP contribution >= 0.6 is 11.3 Å². The quantitative estimate of drug-likeness (QED) is 0.782. The number of aryl methyl sites for hydroxylation is 1. The number of anilines is 1. The Morgan fingerprint density at radius 1 is 1.24 bits per heavy atom. The Labute approximate surface area is 127 Å². The molecule has 1 aliphatic rings. The van der Waals surface area contributed by atoms with Gasteiger partial charge in [0.05, 0.1) is 12.1 Å². The molecule has 0 amide bonds. The monoisotopic (exact) mass is 296 g/mol. The van der Waals surface area contributed by atoms with E-state index in [0.29, 0.717) is 6.04 Å². The van der Waals surface area contributed by atoms with Crippen molar-refractivity contribution in [3.63, 3.8) is 0 Å². The molecule has 1 aliphatic heterocycles. The Balaban J connectivity index is 1.78. The molecule has 106 valence electrons. The predicted molar refractivity (Wildman–Crippen MR) is 84.6 cm³/mol. The molecule has 2 aromatic heterocycles. The van der Waals surface area contributed by atoms with Crippen molar-refractivity contribution in [1.82, 2.24) is 14.8 Å². The van der Waals surface area contributed by atoms with Gasteiger partial charge in [0.2, 0.25) is 5.95 Å². The van der Waals surface area contributed by atoms with E-state index < -0.39 is 0 Å². The average Bonchev–Trinajstić information content (AvgIpc) is 3.18. The minimum absolute atomic E-state index is 0.233. The maximum absolute atomic E-state index is 4.42. The first-order chi connectivity index (χ1) is 10.3. The first-order valence-corrected chi connectivity index (χ1v) is 7.96. The van der Waals surface area contributed by atoms with Crippen LogP contribution in [0, 0.1) is 6.92 Å². The summed E-state index contributed by atoms with van der Waals surface area (Å²) in [5, 5.41) is 10.0. The Bertz CT molecular complexity index is 747. The van der Waals surface area contributed by atoms with Crippen molar-refractivity contribution in [2.24, 2.45) is 0 Å². The van der Waals surface area contributed by atoms with Crippen molar-refractivity contribution in [3.8, 4) is 0 Å². The van der Waals surface area contributed by atoms with Crippen molar-refractivity contribution in [1.29, 1.82) is 0 Å². The van der Waals surface area contributed by atoms with E-state index in [2.05, 4.69) is 64.1 Å². The van der Waals surface area contributed by atoms with Gasteiger partial charge in [-0.05, 0) is 35.9 Å². The summed E-state index contributed by atoms with van der Waals surface area (Å²) in [6.07, 6.45) is 2.62. The summed E-state index contributed by atoms with van der Waals surface area (Å²) in [6, 6.07) is 13.4. The third-order valence-electron chi connectivity index (χ3n) is 4.06. The summed E-state index contributed by atoms with van der Waals surface area (Å²) in [4.78, 5) is 5.72. The Morgan fingerprint density at radius 2 is 2.14 bits per heavy atom. The van der Waals surface area contributed by atoms with Crippen LogP contribution in [-0.2, 0) is 0 Å². The van der Waals surface area contributed by atoms with Gasteiger partial charge in [-0.3, -0.25) is 0 Å². The zero-order chi connectivity index (χ0) is 14.2. The van der Waals surface area contributed by atoms with Gasteiger partial charge in [0, 0.05) is 4.88 Å². The lowest BCUT2D eigenvalue weighted by atomic mass is 9.94. The van der Waals surface area contributed by atoms with E-state index in [0.717, 1.165) is 12.4 Å². The minimum Gasteiger partial charge on any atom is -0.347 e. The molecule has 0 aliphatic carbocycles. The molecule has 0 fully saturated rings. The van der Waals surface area contributed by atoms with Crippen LogP contribution in [0.15, 0.2) is 48.1 Å². The van der Waals surface area contributed by atoms with Crippen molar-refractivity contribution < 1.29 is 0 Å². The van der Waals surface area contributed by atoms with Gasteiger partial charge in [0.1, 0.15) is 6.33 Å². The molecule has 0 radical (unpaired) electrons. The fourth-order valence-electron chi connectivity index (χ4n) is 3.02. The molecule has 0 saturated heterocycles. The van der Waals surface area contributed by atoms with E-state index in [1.807, 2.05) is 4.68 Å². The topological polar surface area (TPSA) is 42.7 Å². The second-order valence-electron chi connectivity index (χ2n) is 5.35. The van der Waals surface area contributed by atoms with Crippen LogP contribution in [0.3, 0.4) is 0 Å². The summed E-state index contributed by atoms with van der Waals surface area (Å²) >= 11 is 1.79. The summed E-state index contributed by atoms with van der Waals surface area (Å²) in [5.41, 5.74) is 2.63. The second kappa shape index (κ2) is 5.00. The molecule has 0 spiro atoms. The number of hydrogen-bond acceptors (Lipinski definition) is 4. The lowest BCUT2D eigenvalue weighted by molar-refractivity contribution is 0.432. The first-order valence-electron chi connectivity index (χ1n) is 7.08. The lowest BCUT2D eigenvalue weighted by Crippen LogP contribution is -2.28. The van der Waals surface area contributed by atoms with E-state index in [1.165, 1.54) is 16.0 Å². The van der Waals surface area contributed by atoms with Crippen molar-refractivity contribution >= 4 is 17.3 Å². The SMILES string of the molecule is Cc1ccccc1[C@@H]1C[C@H](c2cccs2)Nc2ncnn21. The molecule has 3 heterocycles. The molecule has 21 heavy (non-hydrogen) atoms. The molecule has 2 atom stereocenters. The van der Waals surface area contributed by atoms with E-state index in [-0.39, 0.29) is 6.04 Å². The maximum Gasteiger partial charge on any atom is 0.222 e. The minimum atomic E-state index is 0.233. The van der Waals surface area contributed by atoms with Crippen LogP contribution in [0.5, 0.6) is 0 Å². The number of aromatic nitrogens is 3. The van der Waals surface area contributed by atoms with Gasteiger partial charge in [-0.2, -0.15) is 10.1 Å². The van der Waals surface area contributed by atoms with Gasteiger partial charge in [-0.25, -0.2) is 4.68 Å². The predicted octanol–water partition coefficient (Wildman–Crippen LogP) is 3.79. The van der Waals surface area contributed by atoms with Crippen LogP contribution in [0.2, 0.25) is 0 Å². The standard InChI is InChI=1S/C16H16N4S/c1-11-5-2-3-6-12(11)14-9-13(15-7-4-8-21-15)19-16-17-10-18-20(14)16/h2-8,10,13-14H,9H2,1H3,(H,17,18,19)/t13-,14+/m1/s1. The summed E-state index contributed by atoms with van der Waals surface area (Å²) in [6.45, 7) is 2.16. The molecule has 0 unspecified atom stereocenters. The third-order valence-corrected chi connectivity index (χ3v) is 5.05. The molecule has 0 bridgehead atoms. The Morgan fingerprint density at radius 3 is 2.95 bits per heavy atom. The second-order valence-corrected chi connectivity index (χ2v) is 6.33. The number of rotatable bonds is 2. The van der Waals surface area contributed by atoms with Gasteiger partial charge >= 0.3 is 0 Å². The number of benzene rings is 1. The zero-order valence-electron chi connectivity index (χ0n) is 11.7. The molecule has 3 aromatic rings.